The second-order valence-electron chi connectivity index (χ2n) is 3.94. The molecule has 1 aromatic carbocycles. The van der Waals surface area contributed by atoms with Gasteiger partial charge in [0.25, 0.3) is 0 Å². The number of nitrogens with one attached hydrogen (secondary N) is 1. The van der Waals surface area contributed by atoms with Crippen LogP contribution in [0.4, 0.5) is 0 Å². The van der Waals surface area contributed by atoms with Crippen LogP contribution in [0.5, 0.6) is 0 Å². The molecule has 1 aromatic heterocycles. The number of nitrogens with zero attached hydrogens (tertiary/aromatic N) is 2. The minimum Gasteiger partial charge on any atom is -0.248 e. The third-order valence-electron chi connectivity index (χ3n) is 2.45. The van der Waals surface area contributed by atoms with Crippen LogP contribution in [0.2, 0.25) is 5.02 Å². The molecule has 0 aliphatic carbocycles. The number of aromatic nitrogens is 1. The van der Waals surface area contributed by atoms with Gasteiger partial charge in [-0.2, -0.15) is 5.26 Å². The molecular formula is C12H10ClN3O2S2. The normalized spacial score (nSPS) is 11.2. The maximum absolute atomic E-state index is 12.1. The highest BCUT2D eigenvalue weighted by atomic mass is 35.5. The molecule has 2 rings (SSSR count). The maximum Gasteiger partial charge on any atom is 0.241 e. The van der Waals surface area contributed by atoms with E-state index < -0.39 is 10.0 Å². The van der Waals surface area contributed by atoms with Crippen LogP contribution >= 0.6 is 22.9 Å². The molecule has 104 valence electrons. The molecule has 20 heavy (non-hydrogen) atoms. The highest BCUT2D eigenvalue weighted by Gasteiger charge is 2.16. The standard InChI is InChI=1S/C12H10ClN3O2S2/c1-8-6-15-12(19-8)7-16-20(17,18)10-3-2-9(5-14)11(13)4-10/h2-4,6,16H,7H2,1H3. The maximum atomic E-state index is 12.1. The molecule has 0 bridgehead atoms. The van der Waals surface area contributed by atoms with Crippen LogP contribution in [-0.2, 0) is 16.6 Å². The molecule has 0 spiro atoms. The number of thiazole rings is 1. The zero-order valence-corrected chi connectivity index (χ0v) is 12.8. The van der Waals surface area contributed by atoms with Crippen molar-refractivity contribution < 1.29 is 8.42 Å². The molecule has 0 amide bonds. The molecule has 0 atom stereocenters. The molecule has 0 radical (unpaired) electrons. The molecule has 0 fully saturated rings. The SMILES string of the molecule is Cc1cnc(CNS(=O)(=O)c2ccc(C#N)c(Cl)c2)s1. The summed E-state index contributed by atoms with van der Waals surface area (Å²) in [7, 11) is -3.67. The van der Waals surface area contributed by atoms with Crippen molar-refractivity contribution in [3.8, 4) is 6.07 Å². The lowest BCUT2D eigenvalue weighted by molar-refractivity contribution is 0.581. The summed E-state index contributed by atoms with van der Waals surface area (Å²) in [6, 6.07) is 5.86. The number of hydrogen-bond donors (Lipinski definition) is 1. The van der Waals surface area contributed by atoms with Crippen LogP contribution in [0.1, 0.15) is 15.4 Å². The third-order valence-corrected chi connectivity index (χ3v) is 5.08. The second kappa shape index (κ2) is 5.89. The van der Waals surface area contributed by atoms with E-state index in [4.69, 9.17) is 16.9 Å². The molecule has 0 unspecified atom stereocenters. The summed E-state index contributed by atoms with van der Waals surface area (Å²) < 4.78 is 26.6. The van der Waals surface area contributed by atoms with Crippen molar-refractivity contribution in [3.63, 3.8) is 0 Å². The lowest BCUT2D eigenvalue weighted by atomic mass is 10.2. The fourth-order valence-electron chi connectivity index (χ4n) is 1.48. The molecule has 8 heteroatoms. The first-order valence-electron chi connectivity index (χ1n) is 5.53. The Morgan fingerprint density at radius 3 is 2.80 bits per heavy atom. The van der Waals surface area contributed by atoms with Crippen molar-refractivity contribution in [2.75, 3.05) is 0 Å². The molecule has 1 N–H and O–H groups in total. The Morgan fingerprint density at radius 1 is 1.50 bits per heavy atom. The molecule has 1 heterocycles. The Morgan fingerprint density at radius 2 is 2.25 bits per heavy atom. The minimum absolute atomic E-state index is 0.0229. The first-order valence-corrected chi connectivity index (χ1v) is 8.21. The van der Waals surface area contributed by atoms with E-state index in [1.165, 1.54) is 29.5 Å². The summed E-state index contributed by atoms with van der Waals surface area (Å²) in [5.41, 5.74) is 0.237. The van der Waals surface area contributed by atoms with Gasteiger partial charge in [0.15, 0.2) is 0 Å². The highest BCUT2D eigenvalue weighted by molar-refractivity contribution is 7.89. The van der Waals surface area contributed by atoms with Crippen molar-refractivity contribution in [2.24, 2.45) is 0 Å². The average molecular weight is 328 g/mol. The van der Waals surface area contributed by atoms with E-state index in [0.717, 1.165) is 4.88 Å². The monoisotopic (exact) mass is 327 g/mol. The van der Waals surface area contributed by atoms with E-state index in [0.29, 0.717) is 5.01 Å². The van der Waals surface area contributed by atoms with E-state index in [1.807, 2.05) is 13.0 Å². The molecule has 0 saturated heterocycles. The minimum atomic E-state index is -3.67. The van der Waals surface area contributed by atoms with Gasteiger partial charge in [-0.1, -0.05) is 11.6 Å². The number of nitriles is 1. The van der Waals surface area contributed by atoms with E-state index in [9.17, 15) is 8.42 Å². The van der Waals surface area contributed by atoms with Gasteiger partial charge >= 0.3 is 0 Å². The largest absolute Gasteiger partial charge is 0.248 e. The summed E-state index contributed by atoms with van der Waals surface area (Å²) in [6.45, 7) is 2.02. The van der Waals surface area contributed by atoms with Crippen LogP contribution in [0.3, 0.4) is 0 Å². The number of aryl methyl sites for hydroxylation is 1. The zero-order chi connectivity index (χ0) is 14.8. The Balaban J connectivity index is 2.18. The smallest absolute Gasteiger partial charge is 0.241 e. The summed E-state index contributed by atoms with van der Waals surface area (Å²) in [4.78, 5) is 5.12. The Labute approximate surface area is 125 Å². The van der Waals surface area contributed by atoms with Crippen molar-refractivity contribution in [1.82, 2.24) is 9.71 Å². The molecule has 0 aliphatic heterocycles. The fourth-order valence-corrected chi connectivity index (χ4v) is 3.60. The van der Waals surface area contributed by atoms with Crippen LogP contribution in [0.25, 0.3) is 0 Å². The van der Waals surface area contributed by atoms with Gasteiger partial charge in [0, 0.05) is 11.1 Å². The molecule has 5 nitrogen and oxygen atoms in total. The number of hydrogen-bond acceptors (Lipinski definition) is 5. The van der Waals surface area contributed by atoms with Gasteiger partial charge in [-0.3, -0.25) is 0 Å². The van der Waals surface area contributed by atoms with Gasteiger partial charge < -0.3 is 0 Å². The summed E-state index contributed by atoms with van der Waals surface area (Å²) >= 11 is 7.26. The Bertz CT molecular complexity index is 778. The van der Waals surface area contributed by atoms with Gasteiger partial charge in [0.2, 0.25) is 10.0 Å². The first-order chi connectivity index (χ1) is 9.42. The van der Waals surface area contributed by atoms with Gasteiger partial charge in [-0.05, 0) is 25.1 Å². The number of sulfonamides is 1. The number of halogens is 1. The lowest BCUT2D eigenvalue weighted by Gasteiger charge is -2.06. The van der Waals surface area contributed by atoms with Gasteiger partial charge in [-0.15, -0.1) is 11.3 Å². The quantitative estimate of drug-likeness (QED) is 0.935. The van der Waals surface area contributed by atoms with Crippen molar-refractivity contribution >= 4 is 33.0 Å². The Hall–Kier alpha value is -1.46. The fraction of sp³-hybridized carbons (Fsp3) is 0.167. The zero-order valence-electron chi connectivity index (χ0n) is 10.4. The van der Waals surface area contributed by atoms with E-state index in [2.05, 4.69) is 9.71 Å². The molecule has 0 saturated carbocycles. The highest BCUT2D eigenvalue weighted by Crippen LogP contribution is 2.20. The molecular weight excluding hydrogens is 318 g/mol. The predicted octanol–water partition coefficient (Wildman–Crippen LogP) is 2.46. The van der Waals surface area contributed by atoms with E-state index in [1.54, 1.807) is 6.20 Å². The topological polar surface area (TPSA) is 82.8 Å². The average Bonchev–Trinajstić information content (AvgIpc) is 2.82. The van der Waals surface area contributed by atoms with Gasteiger partial charge in [0.05, 0.1) is 22.0 Å². The van der Waals surface area contributed by atoms with Gasteiger partial charge in [0.1, 0.15) is 11.1 Å². The molecule has 0 aliphatic rings. The molecule has 2 aromatic rings. The van der Waals surface area contributed by atoms with Crippen LogP contribution in [0, 0.1) is 18.3 Å². The van der Waals surface area contributed by atoms with Crippen molar-refractivity contribution in [1.29, 1.82) is 5.26 Å². The van der Waals surface area contributed by atoms with Crippen molar-refractivity contribution in [3.05, 3.63) is 44.9 Å². The summed E-state index contributed by atoms with van der Waals surface area (Å²) in [6.07, 6.45) is 1.69. The van der Waals surface area contributed by atoms with Crippen LogP contribution < -0.4 is 4.72 Å². The summed E-state index contributed by atoms with van der Waals surface area (Å²) in [5.74, 6) is 0. The van der Waals surface area contributed by atoms with Crippen LogP contribution in [0.15, 0.2) is 29.3 Å². The number of benzene rings is 1. The lowest BCUT2D eigenvalue weighted by Crippen LogP contribution is -2.23. The second-order valence-corrected chi connectivity index (χ2v) is 7.44. The Kier molecular flexibility index (Phi) is 4.40. The number of rotatable bonds is 4. The van der Waals surface area contributed by atoms with E-state index >= 15 is 0 Å². The van der Waals surface area contributed by atoms with Crippen LogP contribution in [-0.4, -0.2) is 13.4 Å². The summed E-state index contributed by atoms with van der Waals surface area (Å²) in [5, 5.41) is 9.56. The third kappa shape index (κ3) is 3.35. The first kappa shape index (κ1) is 14.9. The van der Waals surface area contributed by atoms with Crippen molar-refractivity contribution in [2.45, 2.75) is 18.4 Å². The van der Waals surface area contributed by atoms with Gasteiger partial charge in [-0.25, -0.2) is 18.1 Å². The van der Waals surface area contributed by atoms with E-state index in [-0.39, 0.29) is 22.0 Å². The predicted molar refractivity (Wildman–Crippen MR) is 77.0 cm³/mol.